The molecule has 0 unspecified atom stereocenters. The predicted octanol–water partition coefficient (Wildman–Crippen LogP) is 4.32. The minimum Gasteiger partial charge on any atom is -0.384 e. The summed E-state index contributed by atoms with van der Waals surface area (Å²) in [5.41, 5.74) is 1.68. The topological polar surface area (TPSA) is 128 Å². The zero-order chi connectivity index (χ0) is 25.0. The van der Waals surface area contributed by atoms with Gasteiger partial charge in [-0.2, -0.15) is 5.26 Å². The molecular weight excluding hydrogens is 447 g/mol. The number of halogens is 1. The number of carbonyl (C=O) groups excluding carboxylic acids is 1. The first kappa shape index (κ1) is 25.5. The van der Waals surface area contributed by atoms with Gasteiger partial charge in [0, 0.05) is 24.5 Å². The second-order valence-electron chi connectivity index (χ2n) is 7.67. The number of anilines is 4. The normalized spacial score (nSPS) is 13.1. The number of carbonyl (C=O) groups is 1. The third-order valence-electron chi connectivity index (χ3n) is 5.31. The highest BCUT2D eigenvalue weighted by atomic mass is 19.1. The van der Waals surface area contributed by atoms with Crippen molar-refractivity contribution >= 4 is 28.9 Å². The van der Waals surface area contributed by atoms with E-state index in [1.807, 2.05) is 19.9 Å². The second-order valence-corrected chi connectivity index (χ2v) is 7.67. The van der Waals surface area contributed by atoms with Gasteiger partial charge >= 0.3 is 0 Å². The zero-order valence-electron chi connectivity index (χ0n) is 19.8. The first-order chi connectivity index (χ1) is 17.1. The highest BCUT2D eigenvalue weighted by Gasteiger charge is 2.17. The lowest BCUT2D eigenvalue weighted by Gasteiger charge is -2.24. The molecule has 0 bridgehead atoms. The van der Waals surface area contributed by atoms with Crippen molar-refractivity contribution in [2.75, 3.05) is 35.6 Å². The van der Waals surface area contributed by atoms with Crippen molar-refractivity contribution in [3.05, 3.63) is 66.0 Å². The van der Waals surface area contributed by atoms with Crippen LogP contribution in [0.4, 0.5) is 27.4 Å². The lowest BCUT2D eigenvalue weighted by Crippen LogP contribution is -2.31. The van der Waals surface area contributed by atoms with E-state index in [9.17, 15) is 9.18 Å². The Morgan fingerprint density at radius 1 is 1.09 bits per heavy atom. The highest BCUT2D eigenvalue weighted by molar-refractivity contribution is 6.08. The molecule has 182 valence electrons. The van der Waals surface area contributed by atoms with Gasteiger partial charge in [0.25, 0.3) is 5.91 Å². The Bertz CT molecular complexity index is 1140. The Balaban J connectivity index is 0.00000167. The van der Waals surface area contributed by atoms with Crippen LogP contribution in [0.25, 0.3) is 0 Å². The van der Waals surface area contributed by atoms with Crippen molar-refractivity contribution in [3.63, 3.8) is 0 Å². The molecule has 1 aliphatic heterocycles. The molecule has 1 aromatic carbocycles. The van der Waals surface area contributed by atoms with E-state index in [1.54, 1.807) is 6.07 Å². The molecule has 0 saturated carbocycles. The first-order valence-corrected chi connectivity index (χ1v) is 11.6. The maximum Gasteiger partial charge on any atom is 0.259 e. The summed E-state index contributed by atoms with van der Waals surface area (Å²) in [4.78, 5) is 25.4. The van der Waals surface area contributed by atoms with Gasteiger partial charge in [0.1, 0.15) is 23.5 Å². The average Bonchev–Trinajstić information content (AvgIpc) is 2.91. The molecule has 1 saturated heterocycles. The molecule has 3 aromatic rings. The molecule has 35 heavy (non-hydrogen) atoms. The smallest absolute Gasteiger partial charge is 0.259 e. The lowest BCUT2D eigenvalue weighted by atomic mass is 9.98. The summed E-state index contributed by atoms with van der Waals surface area (Å²) < 4.78 is 13.2. The summed E-state index contributed by atoms with van der Waals surface area (Å²) in [6.45, 7) is 6.67. The van der Waals surface area contributed by atoms with E-state index in [0.717, 1.165) is 32.5 Å². The highest BCUT2D eigenvalue weighted by Crippen LogP contribution is 2.23. The third-order valence-corrected chi connectivity index (χ3v) is 5.31. The molecule has 0 aliphatic carbocycles. The molecule has 10 heteroatoms. The van der Waals surface area contributed by atoms with Crippen LogP contribution >= 0.6 is 0 Å². The van der Waals surface area contributed by atoms with Gasteiger partial charge in [-0.3, -0.25) is 4.79 Å². The largest absolute Gasteiger partial charge is 0.384 e. The summed E-state index contributed by atoms with van der Waals surface area (Å²) in [6, 6.07) is 9.24. The SMILES string of the molecule is CC.N#Cc1cnc(Nc2cc(NCC3CCNCC3)c(C(=O)Nc3ccc(F)cc3)cn2)cn1. The Labute approximate surface area is 204 Å². The maximum absolute atomic E-state index is 13.2. The molecule has 4 rings (SSSR count). The molecule has 0 radical (unpaired) electrons. The van der Waals surface area contributed by atoms with Gasteiger partial charge < -0.3 is 21.3 Å². The van der Waals surface area contributed by atoms with Crippen LogP contribution in [-0.2, 0) is 0 Å². The molecule has 2 aromatic heterocycles. The van der Waals surface area contributed by atoms with E-state index >= 15 is 0 Å². The van der Waals surface area contributed by atoms with E-state index in [2.05, 4.69) is 36.2 Å². The molecule has 1 fully saturated rings. The summed E-state index contributed by atoms with van der Waals surface area (Å²) in [7, 11) is 0. The number of rotatable bonds is 7. The van der Waals surface area contributed by atoms with Crippen LogP contribution in [-0.4, -0.2) is 40.5 Å². The van der Waals surface area contributed by atoms with E-state index in [4.69, 9.17) is 5.26 Å². The quantitative estimate of drug-likeness (QED) is 0.397. The Morgan fingerprint density at radius 2 is 1.80 bits per heavy atom. The summed E-state index contributed by atoms with van der Waals surface area (Å²) in [5.74, 6) is 0.662. The van der Waals surface area contributed by atoms with Gasteiger partial charge in [0.05, 0.1) is 23.6 Å². The fourth-order valence-electron chi connectivity index (χ4n) is 3.50. The molecule has 1 aliphatic rings. The average molecular weight is 477 g/mol. The number of benzene rings is 1. The number of nitrogens with zero attached hydrogens (tertiary/aromatic N) is 4. The summed E-state index contributed by atoms with van der Waals surface area (Å²) >= 11 is 0. The van der Waals surface area contributed by atoms with E-state index in [1.165, 1.54) is 42.9 Å². The van der Waals surface area contributed by atoms with Gasteiger partial charge in [0.15, 0.2) is 5.69 Å². The van der Waals surface area contributed by atoms with Crippen LogP contribution in [0.3, 0.4) is 0 Å². The minimum atomic E-state index is -0.375. The number of hydrogen-bond donors (Lipinski definition) is 4. The van der Waals surface area contributed by atoms with E-state index < -0.39 is 0 Å². The number of aromatic nitrogens is 3. The number of amides is 1. The van der Waals surface area contributed by atoms with Gasteiger partial charge in [-0.25, -0.2) is 19.3 Å². The van der Waals surface area contributed by atoms with Crippen molar-refractivity contribution in [1.29, 1.82) is 5.26 Å². The van der Waals surface area contributed by atoms with Gasteiger partial charge in [0.2, 0.25) is 0 Å². The van der Waals surface area contributed by atoms with Crippen LogP contribution in [0.15, 0.2) is 48.9 Å². The van der Waals surface area contributed by atoms with Crippen LogP contribution in [0.1, 0.15) is 42.7 Å². The van der Waals surface area contributed by atoms with E-state index in [-0.39, 0.29) is 17.4 Å². The number of piperidine rings is 1. The molecule has 4 N–H and O–H groups in total. The minimum absolute atomic E-state index is 0.214. The van der Waals surface area contributed by atoms with Gasteiger partial charge in [-0.05, 0) is 56.1 Å². The Morgan fingerprint density at radius 3 is 2.46 bits per heavy atom. The van der Waals surface area contributed by atoms with Crippen molar-refractivity contribution in [1.82, 2.24) is 20.3 Å². The number of hydrogen-bond acceptors (Lipinski definition) is 8. The molecule has 1 amide bonds. The van der Waals surface area contributed by atoms with Crippen molar-refractivity contribution < 1.29 is 9.18 Å². The molecule has 9 nitrogen and oxygen atoms in total. The number of pyridine rings is 1. The van der Waals surface area contributed by atoms with Crippen molar-refractivity contribution in [3.8, 4) is 6.07 Å². The standard InChI is InChI=1S/C23H23FN8O.C2H6/c24-16-1-3-17(4-2-16)31-23(33)19-13-30-21(32-22-14-27-18(10-25)12-29-22)9-20(19)28-11-15-5-7-26-8-6-15;1-2/h1-4,9,12-15,26H,5-8,11H2,(H,31,33)(H2,28,29,30,32);1-2H3. The predicted molar refractivity (Wildman–Crippen MR) is 134 cm³/mol. The van der Waals surface area contributed by atoms with Crippen molar-refractivity contribution in [2.24, 2.45) is 5.92 Å². The molecular formula is C25H29FN8O. The van der Waals surface area contributed by atoms with Crippen LogP contribution in [0.5, 0.6) is 0 Å². The second kappa shape index (κ2) is 13.0. The molecule has 0 spiro atoms. The zero-order valence-corrected chi connectivity index (χ0v) is 19.8. The first-order valence-electron chi connectivity index (χ1n) is 11.6. The van der Waals surface area contributed by atoms with Gasteiger partial charge in [-0.15, -0.1) is 0 Å². The molecule has 3 heterocycles. The van der Waals surface area contributed by atoms with E-state index in [0.29, 0.717) is 34.5 Å². The summed E-state index contributed by atoms with van der Waals surface area (Å²) in [6.07, 6.45) is 6.39. The Hall–Kier alpha value is -4.10. The summed E-state index contributed by atoms with van der Waals surface area (Å²) in [5, 5.41) is 21.4. The third kappa shape index (κ3) is 7.45. The molecule has 0 atom stereocenters. The fourth-order valence-corrected chi connectivity index (χ4v) is 3.50. The lowest BCUT2D eigenvalue weighted by molar-refractivity contribution is 0.102. The van der Waals surface area contributed by atoms with Crippen LogP contribution in [0.2, 0.25) is 0 Å². The fraction of sp³-hybridized carbons (Fsp3) is 0.320. The Kier molecular flexibility index (Phi) is 9.45. The van der Waals surface area contributed by atoms with Crippen LogP contribution < -0.4 is 21.3 Å². The number of nitriles is 1. The van der Waals surface area contributed by atoms with Crippen molar-refractivity contribution in [2.45, 2.75) is 26.7 Å². The number of nitrogens with one attached hydrogen (secondary N) is 4. The van der Waals surface area contributed by atoms with Gasteiger partial charge in [-0.1, -0.05) is 13.8 Å². The monoisotopic (exact) mass is 476 g/mol. The maximum atomic E-state index is 13.2. The van der Waals surface area contributed by atoms with Crippen LogP contribution in [0, 0.1) is 23.1 Å².